The minimum atomic E-state index is -0.602. The summed E-state index contributed by atoms with van der Waals surface area (Å²) in [5.74, 6) is -0.385. The summed E-state index contributed by atoms with van der Waals surface area (Å²) in [5.41, 5.74) is 5.25. The van der Waals surface area contributed by atoms with E-state index in [9.17, 15) is 9.59 Å². The molecule has 0 aliphatic carbocycles. The molecule has 0 aliphatic heterocycles. The van der Waals surface area contributed by atoms with Crippen LogP contribution < -0.4 is 10.6 Å². The van der Waals surface area contributed by atoms with Crippen LogP contribution in [0.4, 0.5) is 0 Å². The lowest BCUT2D eigenvalue weighted by molar-refractivity contribution is -0.129. The fraction of sp³-hybridized carbons (Fsp3) is 0.233. The topological polar surface area (TPSA) is 76.0 Å². The molecule has 4 aromatic rings. The maximum absolute atomic E-state index is 13.1. The Balaban J connectivity index is 1.39. The average molecular weight is 481 g/mol. The molecule has 1 atom stereocenters. The summed E-state index contributed by atoms with van der Waals surface area (Å²) in [7, 11) is 0. The Morgan fingerprint density at radius 1 is 0.861 bits per heavy atom. The van der Waals surface area contributed by atoms with Crippen LogP contribution in [-0.2, 0) is 29.1 Å². The van der Waals surface area contributed by atoms with Gasteiger partial charge in [0.25, 0.3) is 0 Å². The Morgan fingerprint density at radius 2 is 1.58 bits per heavy atom. The highest BCUT2D eigenvalue weighted by Gasteiger charge is 2.24. The molecule has 0 saturated heterocycles. The Bertz CT molecular complexity index is 1270. The lowest BCUT2D eigenvalue weighted by Crippen LogP contribution is -2.49. The first-order valence-corrected chi connectivity index (χ1v) is 12.3. The third-order valence-electron chi connectivity index (χ3n) is 6.11. The van der Waals surface area contributed by atoms with E-state index in [1.165, 1.54) is 5.56 Å². The number of carbonyl (C=O) groups excluding carboxylic acids is 2. The zero-order chi connectivity index (χ0) is 25.3. The van der Waals surface area contributed by atoms with Crippen LogP contribution in [0.5, 0.6) is 0 Å². The van der Waals surface area contributed by atoms with Gasteiger partial charge in [0.15, 0.2) is 0 Å². The summed E-state index contributed by atoms with van der Waals surface area (Å²) in [6.07, 6.45) is 3.97. The molecule has 0 aliphatic rings. The van der Waals surface area contributed by atoms with Crippen LogP contribution in [0.15, 0.2) is 97.3 Å². The predicted octanol–water partition coefficient (Wildman–Crippen LogP) is 4.60. The van der Waals surface area contributed by atoms with Gasteiger partial charge in [-0.05, 0) is 39.8 Å². The average Bonchev–Trinajstić information content (AvgIpc) is 3.40. The van der Waals surface area contributed by atoms with Crippen molar-refractivity contribution in [3.05, 3.63) is 114 Å². The number of nitrogens with zero attached hydrogens (tertiary/aromatic N) is 2. The van der Waals surface area contributed by atoms with Gasteiger partial charge < -0.3 is 10.6 Å². The number of aromatic nitrogens is 2. The van der Waals surface area contributed by atoms with E-state index in [0.29, 0.717) is 6.54 Å². The third-order valence-corrected chi connectivity index (χ3v) is 6.11. The van der Waals surface area contributed by atoms with Gasteiger partial charge in [-0.2, -0.15) is 5.10 Å². The third kappa shape index (κ3) is 6.69. The summed E-state index contributed by atoms with van der Waals surface area (Å²) in [5, 5.41) is 10.2. The van der Waals surface area contributed by atoms with Crippen molar-refractivity contribution < 1.29 is 9.59 Å². The second-order valence-electron chi connectivity index (χ2n) is 9.23. The smallest absolute Gasteiger partial charge is 0.243 e. The Hall–Kier alpha value is -4.19. The van der Waals surface area contributed by atoms with Crippen molar-refractivity contribution in [2.45, 2.75) is 39.4 Å². The summed E-state index contributed by atoms with van der Waals surface area (Å²) < 4.78 is 1.89. The molecule has 4 rings (SSSR count). The van der Waals surface area contributed by atoms with E-state index < -0.39 is 6.04 Å². The molecule has 184 valence electrons. The lowest BCUT2D eigenvalue weighted by Gasteiger charge is -2.22. The van der Waals surface area contributed by atoms with Crippen LogP contribution >= 0.6 is 0 Å². The highest BCUT2D eigenvalue weighted by Crippen LogP contribution is 2.24. The van der Waals surface area contributed by atoms with E-state index in [1.807, 2.05) is 79.3 Å². The van der Waals surface area contributed by atoms with Crippen molar-refractivity contribution >= 4 is 11.8 Å². The van der Waals surface area contributed by atoms with Gasteiger partial charge in [0, 0.05) is 18.9 Å². The number of rotatable bonds is 10. The van der Waals surface area contributed by atoms with Crippen molar-refractivity contribution in [2.75, 3.05) is 0 Å². The zero-order valence-electron chi connectivity index (χ0n) is 20.7. The molecule has 0 saturated carbocycles. The quantitative estimate of drug-likeness (QED) is 0.348. The molecule has 1 unspecified atom stereocenters. The van der Waals surface area contributed by atoms with Crippen molar-refractivity contribution in [3.8, 4) is 11.1 Å². The lowest BCUT2D eigenvalue weighted by atomic mass is 9.98. The van der Waals surface area contributed by atoms with Crippen LogP contribution in [0, 0.1) is 5.92 Å². The Kier molecular flexibility index (Phi) is 8.29. The first-order valence-electron chi connectivity index (χ1n) is 12.3. The van der Waals surface area contributed by atoms with Crippen LogP contribution in [0.2, 0.25) is 0 Å². The van der Waals surface area contributed by atoms with Gasteiger partial charge in [0.05, 0.1) is 13.0 Å². The summed E-state index contributed by atoms with van der Waals surface area (Å²) in [6.45, 7) is 4.97. The number of hydrogen-bond acceptors (Lipinski definition) is 3. The minimum Gasteiger partial charge on any atom is -0.350 e. The number of amides is 2. The fourth-order valence-corrected chi connectivity index (χ4v) is 4.16. The first kappa shape index (κ1) is 24.9. The van der Waals surface area contributed by atoms with Crippen molar-refractivity contribution in [2.24, 2.45) is 5.92 Å². The summed E-state index contributed by atoms with van der Waals surface area (Å²) in [6, 6.07) is 27.3. The second-order valence-corrected chi connectivity index (χ2v) is 9.23. The number of benzene rings is 3. The van der Waals surface area contributed by atoms with Crippen LogP contribution in [0.25, 0.3) is 11.1 Å². The van der Waals surface area contributed by atoms with Gasteiger partial charge in [-0.25, -0.2) is 0 Å². The molecule has 3 aromatic carbocycles. The van der Waals surface area contributed by atoms with Gasteiger partial charge in [0.1, 0.15) is 6.04 Å². The molecule has 1 heterocycles. The zero-order valence-corrected chi connectivity index (χ0v) is 20.7. The number of nitrogens with one attached hydrogen (secondary N) is 2. The van der Waals surface area contributed by atoms with Gasteiger partial charge in [-0.15, -0.1) is 0 Å². The summed E-state index contributed by atoms with van der Waals surface area (Å²) >= 11 is 0. The van der Waals surface area contributed by atoms with Crippen molar-refractivity contribution in [1.29, 1.82) is 0 Å². The summed E-state index contributed by atoms with van der Waals surface area (Å²) in [4.78, 5) is 25.6. The standard InChI is InChI=1S/C30H32N4O2/c1-22(2)29(33-28(35)19-23-9-4-3-5-10-23)30(36)31-20-26-11-6-7-12-27(26)25-15-13-24(14-16-25)21-34-18-8-17-32-34/h3-18,22,29H,19-21H2,1-2H3,(H,31,36)(H,33,35). The molecule has 0 radical (unpaired) electrons. The number of hydrogen-bond donors (Lipinski definition) is 2. The van der Waals surface area contributed by atoms with E-state index >= 15 is 0 Å². The second kappa shape index (κ2) is 12.0. The fourth-order valence-electron chi connectivity index (χ4n) is 4.16. The Labute approximate surface area is 212 Å². The monoisotopic (exact) mass is 480 g/mol. The van der Waals surface area contributed by atoms with E-state index in [2.05, 4.69) is 46.1 Å². The van der Waals surface area contributed by atoms with Gasteiger partial charge in [-0.1, -0.05) is 92.7 Å². The molecule has 36 heavy (non-hydrogen) atoms. The van der Waals surface area contributed by atoms with Crippen LogP contribution in [0.3, 0.4) is 0 Å². The van der Waals surface area contributed by atoms with Crippen LogP contribution in [0.1, 0.15) is 30.5 Å². The molecule has 6 nitrogen and oxygen atoms in total. The normalized spacial score (nSPS) is 11.8. The van der Waals surface area contributed by atoms with Gasteiger partial charge in [-0.3, -0.25) is 14.3 Å². The largest absolute Gasteiger partial charge is 0.350 e. The molecular weight excluding hydrogens is 448 g/mol. The maximum atomic E-state index is 13.1. The predicted molar refractivity (Wildman–Crippen MR) is 142 cm³/mol. The molecule has 0 bridgehead atoms. The maximum Gasteiger partial charge on any atom is 0.243 e. The molecule has 2 N–H and O–H groups in total. The van der Waals surface area contributed by atoms with E-state index in [0.717, 1.165) is 28.8 Å². The molecule has 1 aromatic heterocycles. The highest BCUT2D eigenvalue weighted by molar-refractivity contribution is 5.88. The molecular formula is C30H32N4O2. The molecule has 6 heteroatoms. The minimum absolute atomic E-state index is 0.0395. The highest BCUT2D eigenvalue weighted by atomic mass is 16.2. The Morgan fingerprint density at radius 3 is 2.28 bits per heavy atom. The van der Waals surface area contributed by atoms with E-state index in [4.69, 9.17) is 0 Å². The van der Waals surface area contributed by atoms with Crippen molar-refractivity contribution in [1.82, 2.24) is 20.4 Å². The van der Waals surface area contributed by atoms with Gasteiger partial charge in [0.2, 0.25) is 11.8 Å². The van der Waals surface area contributed by atoms with Gasteiger partial charge >= 0.3 is 0 Å². The molecule has 2 amide bonds. The molecule has 0 fully saturated rings. The number of carbonyl (C=O) groups is 2. The van der Waals surface area contributed by atoms with E-state index in [-0.39, 0.29) is 24.2 Å². The SMILES string of the molecule is CC(C)C(NC(=O)Cc1ccccc1)C(=O)NCc1ccccc1-c1ccc(Cn2cccn2)cc1. The first-order chi connectivity index (χ1) is 17.5. The van der Waals surface area contributed by atoms with Crippen molar-refractivity contribution in [3.63, 3.8) is 0 Å². The van der Waals surface area contributed by atoms with Crippen LogP contribution in [-0.4, -0.2) is 27.6 Å². The molecule has 0 spiro atoms. The van der Waals surface area contributed by atoms with E-state index in [1.54, 1.807) is 6.20 Å².